The standard InChI is InChI=1S/C17H21F3N2O3S/c1-16(2)7-6-13(25-26(3,23)24)9-15(16)22-12-5-4-11(10-21)14(8-12)17(18,19)20/h4-5,8,13,15,22H,6-7,9H2,1-3H3. The van der Waals surface area contributed by atoms with Crippen LogP contribution in [0.1, 0.15) is 44.2 Å². The molecule has 0 bridgehead atoms. The predicted molar refractivity (Wildman–Crippen MR) is 90.9 cm³/mol. The van der Waals surface area contributed by atoms with Crippen LogP contribution in [0.5, 0.6) is 0 Å². The number of nitrogens with one attached hydrogen (secondary N) is 1. The Balaban J connectivity index is 2.26. The van der Waals surface area contributed by atoms with Gasteiger partial charge >= 0.3 is 6.18 Å². The van der Waals surface area contributed by atoms with Gasteiger partial charge in [0.2, 0.25) is 0 Å². The first-order chi connectivity index (χ1) is 11.8. The lowest BCUT2D eigenvalue weighted by molar-refractivity contribution is -0.137. The number of nitriles is 1. The van der Waals surface area contributed by atoms with Crippen molar-refractivity contribution in [2.75, 3.05) is 11.6 Å². The van der Waals surface area contributed by atoms with Gasteiger partial charge in [-0.1, -0.05) is 13.8 Å². The van der Waals surface area contributed by atoms with Crippen molar-refractivity contribution in [3.8, 4) is 6.07 Å². The summed E-state index contributed by atoms with van der Waals surface area (Å²) in [6.45, 7) is 3.94. The lowest BCUT2D eigenvalue weighted by Gasteiger charge is -2.42. The zero-order valence-electron chi connectivity index (χ0n) is 14.7. The number of benzene rings is 1. The highest BCUT2D eigenvalue weighted by atomic mass is 32.2. The summed E-state index contributed by atoms with van der Waals surface area (Å²) in [4.78, 5) is 0. The van der Waals surface area contributed by atoms with Gasteiger partial charge in [-0.05, 0) is 42.9 Å². The molecule has 0 aromatic heterocycles. The van der Waals surface area contributed by atoms with E-state index in [0.717, 1.165) is 18.4 Å². The van der Waals surface area contributed by atoms with E-state index in [1.54, 1.807) is 6.07 Å². The fourth-order valence-corrected chi connectivity index (χ4v) is 3.83. The number of hydrogen-bond donors (Lipinski definition) is 1. The number of rotatable bonds is 4. The molecule has 1 aromatic rings. The normalized spacial score (nSPS) is 23.3. The van der Waals surface area contributed by atoms with Gasteiger partial charge in [-0.25, -0.2) is 0 Å². The number of anilines is 1. The first-order valence-electron chi connectivity index (χ1n) is 8.08. The molecular weight excluding hydrogens is 369 g/mol. The summed E-state index contributed by atoms with van der Waals surface area (Å²) < 4.78 is 67.2. The van der Waals surface area contributed by atoms with Gasteiger partial charge in [0.15, 0.2) is 0 Å². The van der Waals surface area contributed by atoms with Gasteiger partial charge in [-0.15, -0.1) is 0 Å². The summed E-state index contributed by atoms with van der Waals surface area (Å²) >= 11 is 0. The molecule has 0 saturated heterocycles. The maximum absolute atomic E-state index is 13.1. The molecule has 1 N–H and O–H groups in total. The highest BCUT2D eigenvalue weighted by molar-refractivity contribution is 7.86. The zero-order valence-corrected chi connectivity index (χ0v) is 15.5. The lowest BCUT2D eigenvalue weighted by Crippen LogP contribution is -2.44. The van der Waals surface area contributed by atoms with Gasteiger partial charge in [0.05, 0.1) is 29.6 Å². The fraction of sp³-hybridized carbons (Fsp3) is 0.588. The van der Waals surface area contributed by atoms with E-state index in [4.69, 9.17) is 9.44 Å². The van der Waals surface area contributed by atoms with Crippen LogP contribution in [0, 0.1) is 16.7 Å². The molecule has 0 aliphatic heterocycles. The highest BCUT2D eigenvalue weighted by Crippen LogP contribution is 2.40. The summed E-state index contributed by atoms with van der Waals surface area (Å²) in [5.41, 5.74) is -1.47. The Morgan fingerprint density at radius 3 is 2.54 bits per heavy atom. The van der Waals surface area contributed by atoms with Crippen molar-refractivity contribution in [2.24, 2.45) is 5.41 Å². The van der Waals surface area contributed by atoms with Gasteiger partial charge in [0.25, 0.3) is 10.1 Å². The minimum absolute atomic E-state index is 0.231. The smallest absolute Gasteiger partial charge is 0.382 e. The SMILES string of the molecule is CC1(C)CCC(OS(C)(=O)=O)CC1Nc1ccc(C#N)c(C(F)(F)F)c1. The molecule has 0 heterocycles. The third-order valence-electron chi connectivity index (χ3n) is 4.65. The van der Waals surface area contributed by atoms with E-state index in [9.17, 15) is 21.6 Å². The summed E-state index contributed by atoms with van der Waals surface area (Å²) in [7, 11) is -3.60. The van der Waals surface area contributed by atoms with Crippen LogP contribution in [0.25, 0.3) is 0 Å². The van der Waals surface area contributed by atoms with Crippen LogP contribution in [-0.2, 0) is 20.5 Å². The molecule has 2 atom stereocenters. The van der Waals surface area contributed by atoms with Crippen LogP contribution in [-0.4, -0.2) is 26.8 Å². The van der Waals surface area contributed by atoms with E-state index >= 15 is 0 Å². The largest absolute Gasteiger partial charge is 0.417 e. The minimum atomic E-state index is -4.63. The molecule has 26 heavy (non-hydrogen) atoms. The number of halogens is 3. The molecule has 5 nitrogen and oxygen atoms in total. The fourth-order valence-electron chi connectivity index (χ4n) is 3.16. The average molecular weight is 390 g/mol. The second-order valence-electron chi connectivity index (χ2n) is 7.25. The Labute approximate surface area is 151 Å². The third-order valence-corrected chi connectivity index (χ3v) is 5.27. The number of nitrogens with zero attached hydrogens (tertiary/aromatic N) is 1. The Morgan fingerprint density at radius 1 is 1.35 bits per heavy atom. The van der Waals surface area contributed by atoms with E-state index in [-0.39, 0.29) is 17.1 Å². The molecule has 0 amide bonds. The Morgan fingerprint density at radius 2 is 2.00 bits per heavy atom. The Kier molecular flexibility index (Phi) is 5.59. The first-order valence-corrected chi connectivity index (χ1v) is 9.89. The van der Waals surface area contributed by atoms with Crippen LogP contribution in [0.3, 0.4) is 0 Å². The van der Waals surface area contributed by atoms with Gasteiger partial charge in [-0.2, -0.15) is 26.9 Å². The van der Waals surface area contributed by atoms with Crippen molar-refractivity contribution in [3.63, 3.8) is 0 Å². The Bertz CT molecular complexity index is 814. The number of hydrogen-bond acceptors (Lipinski definition) is 5. The van der Waals surface area contributed by atoms with Crippen molar-refractivity contribution in [1.29, 1.82) is 5.26 Å². The van der Waals surface area contributed by atoms with Gasteiger partial charge in [0, 0.05) is 11.7 Å². The molecule has 9 heteroatoms. The maximum atomic E-state index is 13.1. The van der Waals surface area contributed by atoms with Crippen molar-refractivity contribution >= 4 is 15.8 Å². The molecule has 2 rings (SSSR count). The highest BCUT2D eigenvalue weighted by Gasteiger charge is 2.39. The summed E-state index contributed by atoms with van der Waals surface area (Å²) in [6, 6.07) is 4.73. The molecule has 144 valence electrons. The van der Waals surface area contributed by atoms with E-state index in [2.05, 4.69) is 5.32 Å². The predicted octanol–water partition coefficient (Wildman–Crippen LogP) is 3.91. The molecule has 1 aliphatic carbocycles. The molecule has 0 spiro atoms. The average Bonchev–Trinajstić information content (AvgIpc) is 2.48. The quantitative estimate of drug-likeness (QED) is 0.789. The molecular formula is C17H21F3N2O3S. The summed E-state index contributed by atoms with van der Waals surface area (Å²) in [6.07, 6.45) is -2.61. The van der Waals surface area contributed by atoms with Crippen molar-refractivity contribution in [3.05, 3.63) is 29.3 Å². The van der Waals surface area contributed by atoms with Crippen LogP contribution in [0.4, 0.5) is 18.9 Å². The second kappa shape index (κ2) is 7.08. The second-order valence-corrected chi connectivity index (χ2v) is 8.85. The van der Waals surface area contributed by atoms with Crippen LogP contribution >= 0.6 is 0 Å². The van der Waals surface area contributed by atoms with E-state index < -0.39 is 33.5 Å². The summed E-state index contributed by atoms with van der Waals surface area (Å²) in [5.74, 6) is 0. The van der Waals surface area contributed by atoms with Crippen molar-refractivity contribution < 1.29 is 25.8 Å². The number of alkyl halides is 3. The van der Waals surface area contributed by atoms with Crippen molar-refractivity contribution in [1.82, 2.24) is 0 Å². The maximum Gasteiger partial charge on any atom is 0.417 e. The molecule has 2 unspecified atom stereocenters. The van der Waals surface area contributed by atoms with Gasteiger partial charge in [0.1, 0.15) is 0 Å². The topological polar surface area (TPSA) is 79.2 Å². The van der Waals surface area contributed by atoms with Crippen LogP contribution in [0.2, 0.25) is 0 Å². The molecule has 1 aromatic carbocycles. The molecule has 1 aliphatic rings. The lowest BCUT2D eigenvalue weighted by atomic mass is 9.72. The van der Waals surface area contributed by atoms with E-state index in [0.29, 0.717) is 19.3 Å². The van der Waals surface area contributed by atoms with Crippen LogP contribution < -0.4 is 5.32 Å². The third kappa shape index (κ3) is 5.11. The molecule has 1 saturated carbocycles. The van der Waals surface area contributed by atoms with Gasteiger partial charge in [-0.3, -0.25) is 4.18 Å². The monoisotopic (exact) mass is 390 g/mol. The van der Waals surface area contributed by atoms with Gasteiger partial charge < -0.3 is 5.32 Å². The van der Waals surface area contributed by atoms with Crippen molar-refractivity contribution in [2.45, 2.75) is 51.4 Å². The molecule has 1 fully saturated rings. The van der Waals surface area contributed by atoms with E-state index in [1.807, 2.05) is 13.8 Å². The van der Waals surface area contributed by atoms with Crippen LogP contribution in [0.15, 0.2) is 18.2 Å². The molecule has 0 radical (unpaired) electrons. The van der Waals surface area contributed by atoms with E-state index in [1.165, 1.54) is 6.07 Å². The minimum Gasteiger partial charge on any atom is -0.382 e. The zero-order chi connectivity index (χ0) is 19.8. The first kappa shape index (κ1) is 20.5. The Hall–Kier alpha value is -1.79. The summed E-state index contributed by atoms with van der Waals surface area (Å²) in [5, 5.41) is 11.9.